The third-order valence-corrected chi connectivity index (χ3v) is 2.25. The van der Waals surface area contributed by atoms with Gasteiger partial charge in [-0.25, -0.2) is 18.6 Å². The summed E-state index contributed by atoms with van der Waals surface area (Å²) in [6.07, 6.45) is 0. The molecule has 0 aliphatic carbocycles. The fourth-order valence-electron chi connectivity index (χ4n) is 1.50. The van der Waals surface area contributed by atoms with Crippen LogP contribution in [-0.4, -0.2) is 21.2 Å². The second kappa shape index (κ2) is 4.40. The fourth-order valence-corrected chi connectivity index (χ4v) is 1.50. The molecule has 0 atom stereocenters. The van der Waals surface area contributed by atoms with Crippen LogP contribution in [0.5, 0.6) is 5.75 Å². The molecule has 0 aliphatic heterocycles. The van der Waals surface area contributed by atoms with Crippen molar-refractivity contribution in [3.8, 4) is 17.0 Å². The molecule has 92 valence electrons. The number of aromatic nitrogens is 1. The molecule has 0 amide bonds. The molecular weight excluding hydrogens is 244 g/mol. The Balaban J connectivity index is 2.62. The zero-order chi connectivity index (χ0) is 13.3. The fraction of sp³-hybridized carbons (Fsp3) is 0. The van der Waals surface area contributed by atoms with Gasteiger partial charge in [0.15, 0.2) is 0 Å². The molecular formula is C12H7F2NO3. The summed E-state index contributed by atoms with van der Waals surface area (Å²) in [7, 11) is 0. The molecule has 0 aliphatic rings. The number of aromatic hydroxyl groups is 1. The second-order valence-electron chi connectivity index (χ2n) is 3.50. The highest BCUT2D eigenvalue weighted by molar-refractivity contribution is 5.86. The minimum atomic E-state index is -1.29. The number of carboxylic acids is 1. The van der Waals surface area contributed by atoms with Gasteiger partial charge in [0.05, 0.1) is 11.3 Å². The first-order valence-electron chi connectivity index (χ1n) is 4.88. The van der Waals surface area contributed by atoms with Gasteiger partial charge >= 0.3 is 5.97 Å². The molecule has 0 saturated carbocycles. The first kappa shape index (κ1) is 12.0. The Kier molecular flexibility index (Phi) is 2.93. The van der Waals surface area contributed by atoms with Crippen LogP contribution in [0, 0.1) is 11.6 Å². The normalized spacial score (nSPS) is 10.3. The Bertz CT molecular complexity index is 605. The SMILES string of the molecule is O=C(O)c1cccc(-c2c(F)cc(O)cc2F)n1. The minimum Gasteiger partial charge on any atom is -0.508 e. The maximum Gasteiger partial charge on any atom is 0.354 e. The first-order valence-corrected chi connectivity index (χ1v) is 4.88. The molecule has 0 saturated heterocycles. The van der Waals surface area contributed by atoms with E-state index in [1.54, 1.807) is 0 Å². The zero-order valence-electron chi connectivity index (χ0n) is 8.89. The number of halogens is 2. The van der Waals surface area contributed by atoms with Crippen LogP contribution in [-0.2, 0) is 0 Å². The molecule has 0 fully saturated rings. The summed E-state index contributed by atoms with van der Waals surface area (Å²) in [4.78, 5) is 14.4. The summed E-state index contributed by atoms with van der Waals surface area (Å²) in [6, 6.07) is 5.28. The standard InChI is InChI=1S/C12H7F2NO3/c13-7-4-6(16)5-8(14)11(7)9-2-1-3-10(15-9)12(17)18/h1-5,16H,(H,17,18). The van der Waals surface area contributed by atoms with Crippen LogP contribution in [0.1, 0.15) is 10.5 Å². The van der Waals surface area contributed by atoms with Gasteiger partial charge in [0.1, 0.15) is 23.1 Å². The maximum atomic E-state index is 13.5. The van der Waals surface area contributed by atoms with E-state index in [1.807, 2.05) is 0 Å². The number of hydrogen-bond donors (Lipinski definition) is 2. The van der Waals surface area contributed by atoms with E-state index in [4.69, 9.17) is 10.2 Å². The summed E-state index contributed by atoms with van der Waals surface area (Å²) in [5.41, 5.74) is -0.944. The van der Waals surface area contributed by atoms with Crippen LogP contribution < -0.4 is 0 Å². The van der Waals surface area contributed by atoms with Gasteiger partial charge in [-0.2, -0.15) is 0 Å². The quantitative estimate of drug-likeness (QED) is 0.859. The van der Waals surface area contributed by atoms with Gasteiger partial charge in [0.2, 0.25) is 0 Å². The molecule has 0 bridgehead atoms. The van der Waals surface area contributed by atoms with Crippen molar-refractivity contribution >= 4 is 5.97 Å². The van der Waals surface area contributed by atoms with Crippen LogP contribution in [0.15, 0.2) is 30.3 Å². The van der Waals surface area contributed by atoms with Gasteiger partial charge in [-0.15, -0.1) is 0 Å². The van der Waals surface area contributed by atoms with E-state index < -0.39 is 28.9 Å². The highest BCUT2D eigenvalue weighted by Gasteiger charge is 2.16. The van der Waals surface area contributed by atoms with E-state index in [9.17, 15) is 13.6 Å². The van der Waals surface area contributed by atoms with Crippen LogP contribution in [0.2, 0.25) is 0 Å². The van der Waals surface area contributed by atoms with Gasteiger partial charge < -0.3 is 10.2 Å². The lowest BCUT2D eigenvalue weighted by atomic mass is 10.1. The van der Waals surface area contributed by atoms with Crippen LogP contribution in [0.25, 0.3) is 11.3 Å². The summed E-state index contributed by atoms with van der Waals surface area (Å²) >= 11 is 0. The maximum absolute atomic E-state index is 13.5. The number of phenolic OH excluding ortho intramolecular Hbond substituents is 1. The molecule has 1 aromatic carbocycles. The Morgan fingerprint density at radius 1 is 1.17 bits per heavy atom. The molecule has 6 heteroatoms. The van der Waals surface area contributed by atoms with Crippen molar-refractivity contribution in [3.05, 3.63) is 47.7 Å². The smallest absolute Gasteiger partial charge is 0.354 e. The zero-order valence-corrected chi connectivity index (χ0v) is 8.89. The van der Waals surface area contributed by atoms with E-state index in [0.29, 0.717) is 0 Å². The first-order chi connectivity index (χ1) is 8.49. The lowest BCUT2D eigenvalue weighted by Crippen LogP contribution is -2.02. The van der Waals surface area contributed by atoms with Gasteiger partial charge in [0, 0.05) is 12.1 Å². The topological polar surface area (TPSA) is 70.4 Å². The Labute approximate surface area is 100 Å². The Morgan fingerprint density at radius 3 is 2.33 bits per heavy atom. The molecule has 18 heavy (non-hydrogen) atoms. The number of carbonyl (C=O) groups is 1. The summed E-state index contributed by atoms with van der Waals surface area (Å²) < 4.78 is 27.1. The second-order valence-corrected chi connectivity index (χ2v) is 3.50. The van der Waals surface area contributed by atoms with Crippen LogP contribution in [0.4, 0.5) is 8.78 Å². The van der Waals surface area contributed by atoms with E-state index in [1.165, 1.54) is 18.2 Å². The van der Waals surface area contributed by atoms with Crippen LogP contribution >= 0.6 is 0 Å². The van der Waals surface area contributed by atoms with Crippen molar-refractivity contribution in [2.24, 2.45) is 0 Å². The Hall–Kier alpha value is -2.50. The van der Waals surface area contributed by atoms with Gasteiger partial charge in [-0.1, -0.05) is 6.07 Å². The third kappa shape index (κ3) is 2.13. The minimum absolute atomic E-state index is 0.148. The lowest BCUT2D eigenvalue weighted by molar-refractivity contribution is 0.0690. The molecule has 1 heterocycles. The van der Waals surface area contributed by atoms with Gasteiger partial charge in [-0.05, 0) is 12.1 Å². The van der Waals surface area contributed by atoms with Crippen molar-refractivity contribution in [1.29, 1.82) is 0 Å². The van der Waals surface area contributed by atoms with E-state index >= 15 is 0 Å². The molecule has 1 aromatic heterocycles. The number of phenols is 1. The van der Waals surface area contributed by atoms with Crippen molar-refractivity contribution in [1.82, 2.24) is 4.98 Å². The van der Waals surface area contributed by atoms with Crippen molar-refractivity contribution in [2.75, 3.05) is 0 Å². The number of pyridine rings is 1. The molecule has 0 spiro atoms. The molecule has 2 aromatic rings. The monoisotopic (exact) mass is 251 g/mol. The molecule has 2 N–H and O–H groups in total. The largest absolute Gasteiger partial charge is 0.508 e. The predicted molar refractivity (Wildman–Crippen MR) is 58.2 cm³/mol. The molecule has 4 nitrogen and oxygen atoms in total. The molecule has 0 radical (unpaired) electrons. The lowest BCUT2D eigenvalue weighted by Gasteiger charge is -2.05. The van der Waals surface area contributed by atoms with Gasteiger partial charge in [0.25, 0.3) is 0 Å². The van der Waals surface area contributed by atoms with Crippen molar-refractivity contribution < 1.29 is 23.8 Å². The van der Waals surface area contributed by atoms with Crippen LogP contribution in [0.3, 0.4) is 0 Å². The van der Waals surface area contributed by atoms with E-state index in [2.05, 4.69) is 4.98 Å². The molecule has 2 rings (SSSR count). The summed E-state index contributed by atoms with van der Waals surface area (Å²) in [5.74, 6) is -3.87. The highest BCUT2D eigenvalue weighted by atomic mass is 19.1. The summed E-state index contributed by atoms with van der Waals surface area (Å²) in [5, 5.41) is 17.8. The van der Waals surface area contributed by atoms with Crippen molar-refractivity contribution in [3.63, 3.8) is 0 Å². The average molecular weight is 251 g/mol. The number of aromatic carboxylic acids is 1. The number of benzene rings is 1. The predicted octanol–water partition coefficient (Wildman–Crippen LogP) is 2.43. The van der Waals surface area contributed by atoms with Gasteiger partial charge in [-0.3, -0.25) is 0 Å². The number of hydrogen-bond acceptors (Lipinski definition) is 3. The highest BCUT2D eigenvalue weighted by Crippen LogP contribution is 2.28. The third-order valence-electron chi connectivity index (χ3n) is 2.25. The average Bonchev–Trinajstić information content (AvgIpc) is 2.28. The van der Waals surface area contributed by atoms with E-state index in [0.717, 1.165) is 12.1 Å². The van der Waals surface area contributed by atoms with E-state index in [-0.39, 0.29) is 11.4 Å². The number of nitrogens with zero attached hydrogens (tertiary/aromatic N) is 1. The summed E-state index contributed by atoms with van der Waals surface area (Å²) in [6.45, 7) is 0. The molecule has 0 unspecified atom stereocenters. The number of rotatable bonds is 2. The Morgan fingerprint density at radius 2 is 1.78 bits per heavy atom. The van der Waals surface area contributed by atoms with Crippen molar-refractivity contribution in [2.45, 2.75) is 0 Å². The number of carboxylic acid groups (broad SMARTS) is 1.